The minimum atomic E-state index is -3.88. The van der Waals surface area contributed by atoms with E-state index in [1.165, 1.54) is 55.7 Å². The highest BCUT2D eigenvalue weighted by molar-refractivity contribution is 7.89. The van der Waals surface area contributed by atoms with E-state index >= 15 is 0 Å². The van der Waals surface area contributed by atoms with Crippen molar-refractivity contribution in [1.82, 2.24) is 0 Å². The van der Waals surface area contributed by atoms with Crippen LogP contribution in [-0.2, 0) is 14.8 Å². The largest absolute Gasteiger partial charge is 0.493 e. The number of halogens is 2. The number of hydrogen-bond acceptors (Lipinski definition) is 6. The average Bonchev–Trinajstić information content (AvgIpc) is 2.65. The van der Waals surface area contributed by atoms with E-state index in [1.54, 1.807) is 6.07 Å². The van der Waals surface area contributed by atoms with Crippen molar-refractivity contribution in [3.63, 3.8) is 0 Å². The van der Waals surface area contributed by atoms with E-state index in [0.717, 1.165) is 0 Å². The molecule has 3 N–H and O–H groups in total. The van der Waals surface area contributed by atoms with Crippen molar-refractivity contribution < 1.29 is 31.5 Å². The molecule has 0 saturated heterocycles. The third-order valence-electron chi connectivity index (χ3n) is 3.52. The van der Waals surface area contributed by atoms with E-state index < -0.39 is 22.5 Å². The van der Waals surface area contributed by atoms with Crippen molar-refractivity contribution in [2.24, 2.45) is 5.14 Å². The number of nitrogens with zero attached hydrogens (tertiary/aromatic N) is 1. The summed E-state index contributed by atoms with van der Waals surface area (Å²) in [5.74, 6) is -0.990. The number of carbonyl (C=O) groups is 1. The lowest BCUT2D eigenvalue weighted by molar-refractivity contribution is -0.112. The molecule has 8 nitrogen and oxygen atoms in total. The number of sulfonamides is 1. The smallest absolute Gasteiger partial charge is 0.387 e. The Hall–Kier alpha value is -3.49. The van der Waals surface area contributed by atoms with Gasteiger partial charge in [-0.25, -0.2) is 13.6 Å². The molecule has 2 rings (SSSR count). The van der Waals surface area contributed by atoms with Crippen LogP contribution in [0.15, 0.2) is 52.9 Å². The van der Waals surface area contributed by atoms with Gasteiger partial charge >= 0.3 is 6.61 Å². The van der Waals surface area contributed by atoms with Crippen LogP contribution in [0.4, 0.5) is 14.5 Å². The third kappa shape index (κ3) is 6.00. The van der Waals surface area contributed by atoms with Crippen molar-refractivity contribution in [3.8, 4) is 17.6 Å². The van der Waals surface area contributed by atoms with E-state index in [1.807, 2.05) is 0 Å². The van der Waals surface area contributed by atoms with E-state index in [0.29, 0.717) is 0 Å². The Bertz CT molecular complexity index is 1080. The molecular weight excluding hydrogens is 408 g/mol. The molecule has 29 heavy (non-hydrogen) atoms. The summed E-state index contributed by atoms with van der Waals surface area (Å²) in [6.45, 7) is -3.08. The van der Waals surface area contributed by atoms with Gasteiger partial charge < -0.3 is 14.8 Å². The highest BCUT2D eigenvalue weighted by Crippen LogP contribution is 2.30. The van der Waals surface area contributed by atoms with Crippen LogP contribution < -0.4 is 19.9 Å². The van der Waals surface area contributed by atoms with Crippen LogP contribution in [0.5, 0.6) is 11.5 Å². The van der Waals surface area contributed by atoms with E-state index in [4.69, 9.17) is 9.88 Å². The van der Waals surface area contributed by atoms with Crippen LogP contribution in [0, 0.1) is 11.3 Å². The van der Waals surface area contributed by atoms with E-state index in [-0.39, 0.29) is 33.2 Å². The number of primary sulfonamides is 1. The number of carbonyl (C=O) groups excluding carboxylic acids is 1. The molecule has 0 aliphatic rings. The van der Waals surface area contributed by atoms with Crippen LogP contribution in [0.1, 0.15) is 5.56 Å². The molecule has 0 fully saturated rings. The zero-order valence-electron chi connectivity index (χ0n) is 14.9. The van der Waals surface area contributed by atoms with E-state index in [9.17, 15) is 27.3 Å². The van der Waals surface area contributed by atoms with Gasteiger partial charge in [0.25, 0.3) is 5.91 Å². The number of amides is 1. The first-order valence-electron chi connectivity index (χ1n) is 7.83. The second kappa shape index (κ2) is 9.13. The van der Waals surface area contributed by atoms with Gasteiger partial charge in [-0.15, -0.1) is 0 Å². The van der Waals surface area contributed by atoms with Crippen LogP contribution in [-0.4, -0.2) is 28.0 Å². The number of anilines is 1. The van der Waals surface area contributed by atoms with Gasteiger partial charge in [-0.3, -0.25) is 4.79 Å². The number of nitrogens with one attached hydrogen (secondary N) is 1. The highest BCUT2D eigenvalue weighted by atomic mass is 32.2. The molecule has 0 unspecified atom stereocenters. The summed E-state index contributed by atoms with van der Waals surface area (Å²) < 4.78 is 56.8. The standard InChI is InChI=1S/C18H15F2N3O5S/c1-27-15-7-2-11(9-16(15)28-18(19)20)8-12(10-21)17(24)23-13-3-5-14(6-4-13)29(22,25)26/h2-9,18H,1H3,(H,23,24)(H2,22,25,26)/b12-8+. The summed E-state index contributed by atoms with van der Waals surface area (Å²) in [6.07, 6.45) is 1.17. The first-order valence-corrected chi connectivity index (χ1v) is 9.37. The maximum absolute atomic E-state index is 12.5. The summed E-state index contributed by atoms with van der Waals surface area (Å²) in [4.78, 5) is 12.2. The number of rotatable bonds is 7. The molecule has 0 aromatic heterocycles. The molecular formula is C18H15F2N3O5S. The molecule has 0 aliphatic heterocycles. The molecule has 0 atom stereocenters. The Labute approximate surface area is 165 Å². The van der Waals surface area contributed by atoms with Crippen molar-refractivity contribution in [3.05, 3.63) is 53.6 Å². The summed E-state index contributed by atoms with van der Waals surface area (Å²) in [7, 11) is -2.60. The van der Waals surface area contributed by atoms with Gasteiger partial charge in [0.2, 0.25) is 10.0 Å². The van der Waals surface area contributed by atoms with Crippen LogP contribution in [0.2, 0.25) is 0 Å². The van der Waals surface area contributed by atoms with Gasteiger partial charge in [-0.05, 0) is 48.0 Å². The molecule has 0 heterocycles. The number of alkyl halides is 2. The quantitative estimate of drug-likeness (QED) is 0.520. The van der Waals surface area contributed by atoms with Crippen LogP contribution >= 0.6 is 0 Å². The fourth-order valence-corrected chi connectivity index (χ4v) is 2.73. The topological polar surface area (TPSA) is 132 Å². The van der Waals surface area contributed by atoms with Crippen molar-refractivity contribution in [1.29, 1.82) is 5.26 Å². The minimum absolute atomic E-state index is 0.0559. The van der Waals surface area contributed by atoms with Crippen molar-refractivity contribution >= 4 is 27.7 Å². The number of nitrogens with two attached hydrogens (primary N) is 1. The van der Waals surface area contributed by atoms with E-state index in [2.05, 4.69) is 10.1 Å². The zero-order chi connectivity index (χ0) is 21.6. The van der Waals surface area contributed by atoms with Crippen molar-refractivity contribution in [2.75, 3.05) is 12.4 Å². The third-order valence-corrected chi connectivity index (χ3v) is 4.45. The molecule has 0 radical (unpaired) electrons. The van der Waals surface area contributed by atoms with Crippen LogP contribution in [0.25, 0.3) is 6.08 Å². The molecule has 0 saturated carbocycles. The number of hydrogen-bond donors (Lipinski definition) is 2. The first kappa shape index (κ1) is 21.8. The highest BCUT2D eigenvalue weighted by Gasteiger charge is 2.14. The lowest BCUT2D eigenvalue weighted by Crippen LogP contribution is -2.14. The van der Waals surface area contributed by atoms with Gasteiger partial charge in [0.15, 0.2) is 11.5 Å². The maximum Gasteiger partial charge on any atom is 0.387 e. The molecule has 0 spiro atoms. The molecule has 0 aliphatic carbocycles. The Morgan fingerprint density at radius 2 is 1.86 bits per heavy atom. The Balaban J connectivity index is 2.25. The monoisotopic (exact) mass is 423 g/mol. The Morgan fingerprint density at radius 3 is 2.38 bits per heavy atom. The summed E-state index contributed by atoms with van der Waals surface area (Å²) in [5.41, 5.74) is 0.145. The number of nitriles is 1. The number of benzene rings is 2. The van der Waals surface area contributed by atoms with Gasteiger partial charge in [-0.2, -0.15) is 14.0 Å². The fourth-order valence-electron chi connectivity index (χ4n) is 2.21. The molecule has 0 bridgehead atoms. The predicted octanol–water partition coefficient (Wildman–Crippen LogP) is 2.49. The van der Waals surface area contributed by atoms with Gasteiger partial charge in [0.1, 0.15) is 11.6 Å². The molecule has 2 aromatic rings. The summed E-state index contributed by atoms with van der Waals surface area (Å²) in [6, 6.07) is 10.7. The second-order valence-corrected chi connectivity index (χ2v) is 7.04. The summed E-state index contributed by atoms with van der Waals surface area (Å²) in [5, 5.41) is 16.7. The van der Waals surface area contributed by atoms with Gasteiger partial charge in [-0.1, -0.05) is 6.07 Å². The SMILES string of the molecule is COc1ccc(/C=C(\C#N)C(=O)Nc2ccc(S(N)(=O)=O)cc2)cc1OC(F)F. The number of methoxy groups -OCH3 is 1. The minimum Gasteiger partial charge on any atom is -0.493 e. The Morgan fingerprint density at radius 1 is 1.21 bits per heavy atom. The van der Waals surface area contributed by atoms with Crippen molar-refractivity contribution in [2.45, 2.75) is 11.5 Å². The van der Waals surface area contributed by atoms with Gasteiger partial charge in [0, 0.05) is 5.69 Å². The second-order valence-electron chi connectivity index (χ2n) is 5.48. The predicted molar refractivity (Wildman–Crippen MR) is 99.7 cm³/mol. The zero-order valence-corrected chi connectivity index (χ0v) is 15.7. The lowest BCUT2D eigenvalue weighted by atomic mass is 10.1. The average molecular weight is 423 g/mol. The van der Waals surface area contributed by atoms with Crippen LogP contribution in [0.3, 0.4) is 0 Å². The fraction of sp³-hybridized carbons (Fsp3) is 0.111. The lowest BCUT2D eigenvalue weighted by Gasteiger charge is -2.10. The van der Waals surface area contributed by atoms with Gasteiger partial charge in [0.05, 0.1) is 12.0 Å². The normalized spacial score (nSPS) is 11.7. The Kier molecular flexibility index (Phi) is 6.87. The molecule has 152 valence electrons. The summed E-state index contributed by atoms with van der Waals surface area (Å²) >= 11 is 0. The molecule has 1 amide bonds. The number of ether oxygens (including phenoxy) is 2. The molecule has 2 aromatic carbocycles. The maximum atomic E-state index is 12.5. The molecule has 11 heteroatoms. The first-order chi connectivity index (χ1) is 13.6.